The average molecular weight is 309 g/mol. The van der Waals surface area contributed by atoms with E-state index in [0.29, 0.717) is 16.8 Å². The molecule has 2 aromatic heterocycles. The number of benzene rings is 1. The molecular weight excluding hydrogens is 297 g/mol. The molecule has 0 radical (unpaired) electrons. The van der Waals surface area contributed by atoms with E-state index in [2.05, 4.69) is 9.97 Å². The highest BCUT2D eigenvalue weighted by Crippen LogP contribution is 2.24. The lowest BCUT2D eigenvalue weighted by Crippen LogP contribution is -2.01. The van der Waals surface area contributed by atoms with Crippen molar-refractivity contribution in [3.05, 3.63) is 39.3 Å². The zero-order chi connectivity index (χ0) is 14.1. The van der Waals surface area contributed by atoms with Crippen LogP contribution in [0.25, 0.3) is 11.0 Å². The summed E-state index contributed by atoms with van der Waals surface area (Å²) >= 11 is 6.91. The third-order valence-electron chi connectivity index (χ3n) is 3.08. The van der Waals surface area contributed by atoms with Gasteiger partial charge in [0.05, 0.1) is 23.2 Å². The highest BCUT2D eigenvalue weighted by atomic mass is 32.1. The number of nitrogens with zero attached hydrogens (tertiary/aromatic N) is 2. The van der Waals surface area contributed by atoms with E-state index in [1.54, 1.807) is 23.6 Å². The zero-order valence-corrected chi connectivity index (χ0v) is 12.4. The second-order valence-electron chi connectivity index (χ2n) is 4.26. The third kappa shape index (κ3) is 2.34. The van der Waals surface area contributed by atoms with Crippen LogP contribution in [0.2, 0.25) is 0 Å². The number of nitrogens with one attached hydrogen (secondary N) is 1. The molecule has 3 rings (SSSR count). The van der Waals surface area contributed by atoms with Gasteiger partial charge in [0.25, 0.3) is 0 Å². The van der Waals surface area contributed by atoms with E-state index >= 15 is 0 Å². The maximum absolute atomic E-state index is 13.7. The van der Waals surface area contributed by atoms with Crippen LogP contribution in [0.5, 0.6) is 5.75 Å². The van der Waals surface area contributed by atoms with Gasteiger partial charge in [0.1, 0.15) is 0 Å². The molecule has 2 heterocycles. The molecule has 3 aromatic rings. The summed E-state index contributed by atoms with van der Waals surface area (Å²) in [5.41, 5.74) is 1.51. The third-order valence-corrected chi connectivity index (χ3v) is 4.24. The quantitative estimate of drug-likeness (QED) is 0.750. The first-order valence-electron chi connectivity index (χ1n) is 6.03. The minimum atomic E-state index is -0.400. The summed E-state index contributed by atoms with van der Waals surface area (Å²) in [6, 6.07) is 3.07. The summed E-state index contributed by atoms with van der Waals surface area (Å²) in [5.74, 6) is -0.183. The minimum absolute atomic E-state index is 0.217. The summed E-state index contributed by atoms with van der Waals surface area (Å²) in [5, 5.41) is 3.00. The van der Waals surface area contributed by atoms with Crippen LogP contribution < -0.4 is 4.74 Å². The zero-order valence-electron chi connectivity index (χ0n) is 10.7. The van der Waals surface area contributed by atoms with Crippen LogP contribution in [-0.2, 0) is 13.0 Å². The van der Waals surface area contributed by atoms with Gasteiger partial charge in [-0.1, -0.05) is 0 Å². The number of imidazole rings is 1. The first-order chi connectivity index (χ1) is 9.69. The topological polar surface area (TPSA) is 42.8 Å². The summed E-state index contributed by atoms with van der Waals surface area (Å²) < 4.78 is 21.2. The van der Waals surface area contributed by atoms with Gasteiger partial charge < -0.3 is 14.3 Å². The number of H-pyrrole nitrogens is 1. The predicted molar refractivity (Wildman–Crippen MR) is 79.5 cm³/mol. The van der Waals surface area contributed by atoms with E-state index in [1.807, 2.05) is 9.95 Å². The van der Waals surface area contributed by atoms with Gasteiger partial charge in [0.15, 0.2) is 16.3 Å². The van der Waals surface area contributed by atoms with Gasteiger partial charge in [-0.05, 0) is 12.2 Å². The van der Waals surface area contributed by atoms with Crippen molar-refractivity contribution >= 4 is 34.6 Å². The molecule has 0 aliphatic carbocycles. The molecule has 1 N–H and O–H groups in total. The smallest absolute Gasteiger partial charge is 0.178 e. The Kier molecular flexibility index (Phi) is 3.54. The van der Waals surface area contributed by atoms with Crippen molar-refractivity contribution in [1.82, 2.24) is 14.5 Å². The molecule has 0 unspecified atom stereocenters. The van der Waals surface area contributed by atoms with Crippen LogP contribution in [0.15, 0.2) is 23.7 Å². The van der Waals surface area contributed by atoms with Crippen molar-refractivity contribution in [3.8, 4) is 5.75 Å². The first kappa shape index (κ1) is 13.3. The summed E-state index contributed by atoms with van der Waals surface area (Å²) in [6.07, 6.45) is 2.57. The van der Waals surface area contributed by atoms with Gasteiger partial charge in [0.2, 0.25) is 0 Å². The van der Waals surface area contributed by atoms with E-state index in [1.165, 1.54) is 13.2 Å². The lowest BCUT2D eigenvalue weighted by molar-refractivity contribution is 0.387. The van der Waals surface area contributed by atoms with Gasteiger partial charge >= 0.3 is 0 Å². The molecule has 0 atom stereocenters. The van der Waals surface area contributed by atoms with Crippen LogP contribution in [0, 0.1) is 10.6 Å². The Bertz CT molecular complexity index is 792. The number of hydrogen-bond donors (Lipinski definition) is 1. The average Bonchev–Trinajstić information content (AvgIpc) is 3.03. The number of hydrogen-bond acceptors (Lipinski definition) is 4. The second kappa shape index (κ2) is 5.34. The molecular formula is C13H12FN3OS2. The second-order valence-corrected chi connectivity index (χ2v) is 5.63. The van der Waals surface area contributed by atoms with Crippen molar-refractivity contribution in [2.45, 2.75) is 13.0 Å². The van der Waals surface area contributed by atoms with E-state index in [-0.39, 0.29) is 5.75 Å². The van der Waals surface area contributed by atoms with Crippen LogP contribution in [0.4, 0.5) is 4.39 Å². The Morgan fingerprint density at radius 2 is 2.35 bits per heavy atom. The molecule has 0 aliphatic rings. The number of aromatic amines is 1. The summed E-state index contributed by atoms with van der Waals surface area (Å²) in [6.45, 7) is 0.696. The Morgan fingerprint density at radius 1 is 1.50 bits per heavy atom. The summed E-state index contributed by atoms with van der Waals surface area (Å²) in [7, 11) is 1.45. The summed E-state index contributed by atoms with van der Waals surface area (Å²) in [4.78, 5) is 7.26. The Balaban J connectivity index is 2.01. The van der Waals surface area contributed by atoms with Gasteiger partial charge in [-0.2, -0.15) is 0 Å². The number of fused-ring (bicyclic) bond motifs is 1. The fourth-order valence-electron chi connectivity index (χ4n) is 2.12. The van der Waals surface area contributed by atoms with Gasteiger partial charge in [-0.3, -0.25) is 0 Å². The molecule has 0 saturated heterocycles. The van der Waals surface area contributed by atoms with Crippen LogP contribution >= 0.6 is 23.6 Å². The molecule has 4 nitrogen and oxygen atoms in total. The van der Waals surface area contributed by atoms with Crippen molar-refractivity contribution in [2.24, 2.45) is 0 Å². The fraction of sp³-hybridized carbons (Fsp3) is 0.231. The maximum atomic E-state index is 13.7. The molecule has 1 aromatic carbocycles. The normalized spacial score (nSPS) is 11.1. The highest BCUT2D eigenvalue weighted by Gasteiger charge is 2.11. The SMILES string of the molecule is COc1cc2c(cc1F)[nH]c(=S)n2CCc1nccs1. The molecule has 0 saturated carbocycles. The number of halogens is 1. The molecule has 7 heteroatoms. The van der Waals surface area contributed by atoms with Gasteiger partial charge in [0, 0.05) is 36.7 Å². The van der Waals surface area contributed by atoms with E-state index in [0.717, 1.165) is 16.9 Å². The molecule has 20 heavy (non-hydrogen) atoms. The van der Waals surface area contributed by atoms with Crippen LogP contribution in [0.1, 0.15) is 5.01 Å². The highest BCUT2D eigenvalue weighted by molar-refractivity contribution is 7.71. The van der Waals surface area contributed by atoms with E-state index < -0.39 is 5.82 Å². The number of aromatic nitrogens is 3. The number of ether oxygens (including phenoxy) is 1. The largest absolute Gasteiger partial charge is 0.494 e. The molecule has 104 valence electrons. The lowest BCUT2D eigenvalue weighted by atomic mass is 10.2. The number of rotatable bonds is 4. The van der Waals surface area contributed by atoms with Crippen molar-refractivity contribution < 1.29 is 9.13 Å². The van der Waals surface area contributed by atoms with Crippen molar-refractivity contribution in [1.29, 1.82) is 0 Å². The van der Waals surface area contributed by atoms with E-state index in [4.69, 9.17) is 17.0 Å². The molecule has 0 amide bonds. The number of thiazole rings is 1. The molecule has 0 fully saturated rings. The molecule has 0 bridgehead atoms. The fourth-order valence-corrected chi connectivity index (χ4v) is 3.03. The number of aryl methyl sites for hydroxylation is 2. The number of methoxy groups -OCH3 is 1. The Labute approximate surface area is 123 Å². The van der Waals surface area contributed by atoms with Crippen LogP contribution in [-0.4, -0.2) is 21.6 Å². The van der Waals surface area contributed by atoms with Crippen molar-refractivity contribution in [2.75, 3.05) is 7.11 Å². The minimum Gasteiger partial charge on any atom is -0.494 e. The lowest BCUT2D eigenvalue weighted by Gasteiger charge is -2.05. The van der Waals surface area contributed by atoms with Gasteiger partial charge in [-0.25, -0.2) is 9.37 Å². The standard InChI is InChI=1S/C13H12FN3OS2/c1-18-11-7-10-9(6-8(11)14)16-13(19)17(10)4-2-12-15-3-5-20-12/h3,5-7H,2,4H2,1H3,(H,16,19). The monoisotopic (exact) mass is 309 g/mol. The van der Waals surface area contributed by atoms with Crippen LogP contribution in [0.3, 0.4) is 0 Å². The Morgan fingerprint density at radius 3 is 3.05 bits per heavy atom. The Hall–Kier alpha value is -1.73. The van der Waals surface area contributed by atoms with E-state index in [9.17, 15) is 4.39 Å². The molecule has 0 spiro atoms. The predicted octanol–water partition coefficient (Wildman–Crippen LogP) is 3.55. The van der Waals surface area contributed by atoms with Gasteiger partial charge in [-0.15, -0.1) is 11.3 Å². The van der Waals surface area contributed by atoms with Crippen molar-refractivity contribution in [3.63, 3.8) is 0 Å². The maximum Gasteiger partial charge on any atom is 0.178 e. The first-order valence-corrected chi connectivity index (χ1v) is 7.32. The molecule has 0 aliphatic heterocycles.